The second-order valence-corrected chi connectivity index (χ2v) is 9.36. The average Bonchev–Trinajstić information content (AvgIpc) is 3.16. The van der Waals surface area contributed by atoms with E-state index in [9.17, 15) is 30.0 Å². The van der Waals surface area contributed by atoms with Crippen molar-refractivity contribution in [2.24, 2.45) is 0 Å². The van der Waals surface area contributed by atoms with Gasteiger partial charge in [-0.15, -0.1) is 0 Å². The van der Waals surface area contributed by atoms with Crippen molar-refractivity contribution in [2.45, 2.75) is 56.5 Å². The van der Waals surface area contributed by atoms with Crippen LogP contribution in [0.15, 0.2) is 29.1 Å². The number of hydrogen-bond acceptors (Lipinski definition) is 11. The number of methoxy groups -OCH3 is 3. The summed E-state index contributed by atoms with van der Waals surface area (Å²) in [7, 11) is 4.23. The molecule has 0 saturated carbocycles. The summed E-state index contributed by atoms with van der Waals surface area (Å²) in [6.45, 7) is 0.786. The zero-order valence-corrected chi connectivity index (χ0v) is 22.0. The Bertz CT molecular complexity index is 1280. The molecule has 1 aliphatic carbocycles. The first-order valence-corrected chi connectivity index (χ1v) is 12.4. The lowest BCUT2D eigenvalue weighted by molar-refractivity contribution is -0.277. The number of aliphatic hydroxyl groups is 4. The molecule has 2 aromatic rings. The largest absolute Gasteiger partial charge is 0.493 e. The monoisotopic (exact) mass is 547 g/mol. The second kappa shape index (κ2) is 11.8. The van der Waals surface area contributed by atoms with Crippen molar-refractivity contribution >= 4 is 5.91 Å². The van der Waals surface area contributed by atoms with Gasteiger partial charge in [-0.1, -0.05) is 6.07 Å². The van der Waals surface area contributed by atoms with Crippen LogP contribution in [0.4, 0.5) is 0 Å². The summed E-state index contributed by atoms with van der Waals surface area (Å²) in [5.74, 6) is 0.368. The van der Waals surface area contributed by atoms with E-state index in [1.807, 2.05) is 0 Å². The van der Waals surface area contributed by atoms with Gasteiger partial charge in [-0.3, -0.25) is 9.59 Å². The summed E-state index contributed by atoms with van der Waals surface area (Å²) in [6.07, 6.45) is -6.56. The molecule has 0 aromatic heterocycles. The average molecular weight is 548 g/mol. The quantitative estimate of drug-likeness (QED) is 0.317. The number of nitrogens with one attached hydrogen (secondary N) is 1. The number of fused-ring (bicyclic) bond motifs is 3. The zero-order valence-electron chi connectivity index (χ0n) is 22.0. The van der Waals surface area contributed by atoms with Crippen molar-refractivity contribution in [2.75, 3.05) is 27.9 Å². The fourth-order valence-corrected chi connectivity index (χ4v) is 5.09. The van der Waals surface area contributed by atoms with Crippen molar-refractivity contribution in [3.05, 3.63) is 45.6 Å². The van der Waals surface area contributed by atoms with Gasteiger partial charge >= 0.3 is 0 Å². The molecular weight excluding hydrogens is 514 g/mol. The number of aryl methyl sites for hydroxylation is 1. The van der Waals surface area contributed by atoms with Crippen LogP contribution < -0.4 is 29.7 Å². The summed E-state index contributed by atoms with van der Waals surface area (Å²) >= 11 is 0. The minimum absolute atomic E-state index is 0.111. The van der Waals surface area contributed by atoms with Crippen molar-refractivity contribution in [3.63, 3.8) is 0 Å². The standard InChI is InChI=1S/C27H33NO11/c1-12(30)28-16-7-5-13-9-19(38-27-24(34)23(33)22(32)20(11-29)39-27)25(36-3)26(37-4)21(13)14-6-8-18(35-2)17(31)10-15(14)16/h6,8-10,16,20,22-24,27,29,32-34H,5,7,11H2,1-4H3,(H,28,30)/t16-,20-,22-,23+,24-,27+/m0/s1. The fraction of sp³-hybridized carbons (Fsp3) is 0.481. The highest BCUT2D eigenvalue weighted by atomic mass is 16.7. The van der Waals surface area contributed by atoms with E-state index in [4.69, 9.17) is 23.7 Å². The lowest BCUT2D eigenvalue weighted by Gasteiger charge is -2.39. The van der Waals surface area contributed by atoms with E-state index < -0.39 is 43.4 Å². The topological polar surface area (TPSA) is 173 Å². The molecule has 4 rings (SSSR count). The van der Waals surface area contributed by atoms with E-state index in [-0.39, 0.29) is 34.3 Å². The Morgan fingerprint density at radius 3 is 2.33 bits per heavy atom. The molecule has 39 heavy (non-hydrogen) atoms. The number of aliphatic hydroxyl groups excluding tert-OH is 4. The van der Waals surface area contributed by atoms with Crippen LogP contribution in [0.25, 0.3) is 11.1 Å². The maximum Gasteiger partial charge on any atom is 0.229 e. The van der Waals surface area contributed by atoms with Crippen LogP contribution in [0.5, 0.6) is 23.0 Å². The Hall–Kier alpha value is -3.42. The number of ether oxygens (including phenoxy) is 5. The summed E-state index contributed by atoms with van der Waals surface area (Å²) in [4.78, 5) is 24.9. The highest BCUT2D eigenvalue weighted by Crippen LogP contribution is 2.50. The third-order valence-electron chi connectivity index (χ3n) is 6.97. The zero-order chi connectivity index (χ0) is 28.4. The van der Waals surface area contributed by atoms with E-state index >= 15 is 0 Å². The van der Waals surface area contributed by atoms with Crippen LogP contribution in [0.3, 0.4) is 0 Å². The first-order valence-electron chi connectivity index (χ1n) is 12.4. The highest BCUT2D eigenvalue weighted by molar-refractivity contribution is 5.83. The maximum atomic E-state index is 12.9. The Labute approximate surface area is 224 Å². The van der Waals surface area contributed by atoms with Crippen LogP contribution >= 0.6 is 0 Å². The van der Waals surface area contributed by atoms with Crippen LogP contribution in [0.2, 0.25) is 0 Å². The van der Waals surface area contributed by atoms with Crippen molar-refractivity contribution < 1.29 is 48.9 Å². The number of carbonyl (C=O) groups excluding carboxylic acids is 1. The van der Waals surface area contributed by atoms with E-state index in [1.165, 1.54) is 34.3 Å². The van der Waals surface area contributed by atoms with Gasteiger partial charge in [0, 0.05) is 12.5 Å². The Balaban J connectivity index is 1.89. The van der Waals surface area contributed by atoms with E-state index in [2.05, 4.69) is 5.32 Å². The van der Waals surface area contributed by atoms with Gasteiger partial charge in [0.2, 0.25) is 23.4 Å². The fourth-order valence-electron chi connectivity index (χ4n) is 5.09. The predicted molar refractivity (Wildman–Crippen MR) is 137 cm³/mol. The highest BCUT2D eigenvalue weighted by Gasteiger charge is 2.45. The van der Waals surface area contributed by atoms with Gasteiger partial charge in [0.05, 0.1) is 34.0 Å². The molecule has 1 saturated heterocycles. The van der Waals surface area contributed by atoms with Crippen LogP contribution in [0.1, 0.15) is 30.5 Å². The molecule has 212 valence electrons. The molecule has 0 unspecified atom stereocenters. The van der Waals surface area contributed by atoms with Crippen molar-refractivity contribution in [1.29, 1.82) is 0 Å². The molecule has 0 bridgehead atoms. The Kier molecular flexibility index (Phi) is 8.62. The molecular formula is C27H33NO11. The molecule has 6 atom stereocenters. The first kappa shape index (κ1) is 28.6. The Morgan fingerprint density at radius 2 is 1.72 bits per heavy atom. The lowest BCUT2D eigenvalue weighted by atomic mass is 9.95. The number of benzene rings is 1. The third-order valence-corrected chi connectivity index (χ3v) is 6.97. The third kappa shape index (κ3) is 5.38. The van der Waals surface area contributed by atoms with E-state index in [1.54, 1.807) is 18.2 Å². The summed E-state index contributed by atoms with van der Waals surface area (Å²) in [6, 6.07) is 5.87. The smallest absolute Gasteiger partial charge is 0.229 e. The summed E-state index contributed by atoms with van der Waals surface area (Å²) in [5.41, 5.74) is 2.15. The number of hydrogen-bond donors (Lipinski definition) is 5. The Morgan fingerprint density at radius 1 is 1.00 bits per heavy atom. The lowest BCUT2D eigenvalue weighted by Crippen LogP contribution is -2.60. The molecule has 1 heterocycles. The van der Waals surface area contributed by atoms with Crippen molar-refractivity contribution in [3.8, 4) is 34.1 Å². The molecule has 1 fully saturated rings. The number of rotatable bonds is 7. The molecule has 0 spiro atoms. The van der Waals surface area contributed by atoms with Gasteiger partial charge in [0.25, 0.3) is 0 Å². The molecule has 5 N–H and O–H groups in total. The maximum absolute atomic E-state index is 12.9. The van der Waals surface area contributed by atoms with E-state index in [0.29, 0.717) is 29.5 Å². The molecule has 2 aliphatic rings. The van der Waals surface area contributed by atoms with Crippen LogP contribution in [-0.4, -0.2) is 85.0 Å². The first-order chi connectivity index (χ1) is 18.6. The van der Waals surface area contributed by atoms with Gasteiger partial charge in [-0.2, -0.15) is 0 Å². The van der Waals surface area contributed by atoms with Gasteiger partial charge in [0.1, 0.15) is 24.4 Å². The second-order valence-electron chi connectivity index (χ2n) is 9.36. The molecule has 1 aliphatic heterocycles. The number of carbonyl (C=O) groups is 1. The normalized spacial score (nSPS) is 25.9. The van der Waals surface area contributed by atoms with Gasteiger partial charge in [-0.05, 0) is 47.7 Å². The van der Waals surface area contributed by atoms with Crippen LogP contribution in [-0.2, 0) is 16.0 Å². The van der Waals surface area contributed by atoms with E-state index in [0.717, 1.165) is 5.56 Å². The molecule has 2 aromatic carbocycles. The SMILES string of the molecule is COc1c(O[C@@H]2O[C@@H](CO)[C@H](O)[C@@H](O)[C@@H]2O)cc2c(c1OC)-c1ccc(OC)c(=O)cc1[C@@H](NC(C)=O)CC2. The molecule has 0 radical (unpaired) electrons. The van der Waals surface area contributed by atoms with Gasteiger partial charge in [0.15, 0.2) is 17.2 Å². The summed E-state index contributed by atoms with van der Waals surface area (Å²) in [5, 5.41) is 43.3. The molecule has 12 heteroatoms. The van der Waals surface area contributed by atoms with Crippen LogP contribution in [0, 0.1) is 0 Å². The van der Waals surface area contributed by atoms with Gasteiger partial charge in [-0.25, -0.2) is 0 Å². The van der Waals surface area contributed by atoms with Crippen molar-refractivity contribution in [1.82, 2.24) is 5.32 Å². The molecule has 1 amide bonds. The van der Waals surface area contributed by atoms with Gasteiger partial charge < -0.3 is 49.4 Å². The summed E-state index contributed by atoms with van der Waals surface area (Å²) < 4.78 is 28.1. The molecule has 12 nitrogen and oxygen atoms in total. The minimum Gasteiger partial charge on any atom is -0.493 e. The minimum atomic E-state index is -1.64. The predicted octanol–water partition coefficient (Wildman–Crippen LogP) is 0.0417. The number of amides is 1.